The molecule has 0 spiro atoms. The van der Waals surface area contributed by atoms with Crippen LogP contribution in [0.25, 0.3) is 10.9 Å². The number of fused-ring (bicyclic) bond motifs is 1. The van der Waals surface area contributed by atoms with E-state index in [-0.39, 0.29) is 0 Å². The standard InChI is InChI=1S/C14H14N4S/c15-18-11-5-6-16-12(8-11)9-19-14-7-10-3-1-2-4-13(10)17-14/h1-8,17H,9,15H2,(H,16,18). The summed E-state index contributed by atoms with van der Waals surface area (Å²) in [6, 6.07) is 14.2. The Morgan fingerprint density at radius 2 is 2.11 bits per heavy atom. The van der Waals surface area contributed by atoms with Crippen LogP contribution in [-0.2, 0) is 5.75 Å². The van der Waals surface area contributed by atoms with Gasteiger partial charge in [0.2, 0.25) is 0 Å². The third kappa shape index (κ3) is 2.72. The lowest BCUT2D eigenvalue weighted by atomic mass is 10.3. The molecule has 5 heteroatoms. The molecule has 3 aromatic rings. The SMILES string of the molecule is NNc1ccnc(CSc2cc3ccccc3[nH]2)c1. The summed E-state index contributed by atoms with van der Waals surface area (Å²) in [6.07, 6.45) is 1.76. The lowest BCUT2D eigenvalue weighted by molar-refractivity contribution is 1.15. The fourth-order valence-electron chi connectivity index (χ4n) is 1.92. The maximum atomic E-state index is 5.39. The number of H-pyrrole nitrogens is 1. The summed E-state index contributed by atoms with van der Waals surface area (Å²) in [6.45, 7) is 0. The van der Waals surface area contributed by atoms with Crippen LogP contribution < -0.4 is 11.3 Å². The number of rotatable bonds is 4. The average Bonchev–Trinajstić information content (AvgIpc) is 2.88. The Kier molecular flexibility index (Phi) is 3.39. The molecule has 1 aromatic carbocycles. The van der Waals surface area contributed by atoms with Crippen molar-refractivity contribution in [1.82, 2.24) is 9.97 Å². The van der Waals surface area contributed by atoms with Crippen LogP contribution in [-0.4, -0.2) is 9.97 Å². The van der Waals surface area contributed by atoms with Crippen LogP contribution in [0.1, 0.15) is 5.69 Å². The first kappa shape index (κ1) is 12.1. The van der Waals surface area contributed by atoms with E-state index in [9.17, 15) is 0 Å². The Bertz CT molecular complexity index is 659. The smallest absolute Gasteiger partial charge is 0.0736 e. The zero-order chi connectivity index (χ0) is 13.1. The molecular weight excluding hydrogens is 256 g/mol. The third-order valence-electron chi connectivity index (χ3n) is 2.86. The molecule has 2 aromatic heterocycles. The molecule has 0 saturated carbocycles. The number of anilines is 1. The maximum absolute atomic E-state index is 5.39. The first-order valence-electron chi connectivity index (χ1n) is 5.97. The lowest BCUT2D eigenvalue weighted by Gasteiger charge is -2.02. The van der Waals surface area contributed by atoms with Crippen molar-refractivity contribution in [3.63, 3.8) is 0 Å². The number of aromatic amines is 1. The molecule has 0 fully saturated rings. The van der Waals surface area contributed by atoms with E-state index in [0.29, 0.717) is 0 Å². The number of hydrazine groups is 1. The first-order chi connectivity index (χ1) is 9.35. The normalized spacial score (nSPS) is 10.8. The van der Waals surface area contributed by atoms with E-state index in [0.717, 1.165) is 27.7 Å². The Labute approximate surface area is 115 Å². The zero-order valence-corrected chi connectivity index (χ0v) is 11.1. The van der Waals surface area contributed by atoms with E-state index < -0.39 is 0 Å². The molecule has 0 aliphatic carbocycles. The molecule has 0 aliphatic heterocycles. The molecule has 0 saturated heterocycles. The second kappa shape index (κ2) is 5.34. The minimum atomic E-state index is 0.808. The van der Waals surface area contributed by atoms with Crippen LogP contribution in [0, 0.1) is 0 Å². The number of nitrogens with one attached hydrogen (secondary N) is 2. The van der Waals surface area contributed by atoms with Crippen LogP contribution in [0.4, 0.5) is 5.69 Å². The second-order valence-electron chi connectivity index (χ2n) is 4.19. The van der Waals surface area contributed by atoms with Crippen molar-refractivity contribution in [2.24, 2.45) is 5.84 Å². The quantitative estimate of drug-likeness (QED) is 0.387. The van der Waals surface area contributed by atoms with Crippen molar-refractivity contribution in [2.45, 2.75) is 10.8 Å². The highest BCUT2D eigenvalue weighted by Gasteiger charge is 2.02. The predicted molar refractivity (Wildman–Crippen MR) is 79.9 cm³/mol. The molecule has 0 atom stereocenters. The fraction of sp³-hybridized carbons (Fsp3) is 0.0714. The van der Waals surface area contributed by atoms with Gasteiger partial charge in [-0.2, -0.15) is 0 Å². The Hall–Kier alpha value is -1.98. The van der Waals surface area contributed by atoms with Crippen LogP contribution in [0.2, 0.25) is 0 Å². The van der Waals surface area contributed by atoms with Gasteiger partial charge in [0.1, 0.15) is 0 Å². The number of nitrogens with zero attached hydrogens (tertiary/aromatic N) is 1. The molecule has 4 N–H and O–H groups in total. The van der Waals surface area contributed by atoms with Gasteiger partial charge in [-0.25, -0.2) is 0 Å². The van der Waals surface area contributed by atoms with Gasteiger partial charge < -0.3 is 10.4 Å². The minimum absolute atomic E-state index is 0.808. The van der Waals surface area contributed by atoms with Crippen molar-refractivity contribution < 1.29 is 0 Å². The Morgan fingerprint density at radius 3 is 2.95 bits per heavy atom. The van der Waals surface area contributed by atoms with Gasteiger partial charge in [-0.05, 0) is 24.3 Å². The van der Waals surface area contributed by atoms with Crippen LogP contribution in [0.5, 0.6) is 0 Å². The van der Waals surface area contributed by atoms with Gasteiger partial charge in [-0.1, -0.05) is 18.2 Å². The van der Waals surface area contributed by atoms with Crippen LogP contribution in [0.3, 0.4) is 0 Å². The van der Waals surface area contributed by atoms with E-state index in [2.05, 4.69) is 33.6 Å². The number of para-hydroxylation sites is 1. The minimum Gasteiger partial charge on any atom is -0.350 e. The van der Waals surface area contributed by atoms with E-state index in [1.54, 1.807) is 18.0 Å². The van der Waals surface area contributed by atoms with E-state index in [1.165, 1.54) is 5.39 Å². The molecule has 0 bridgehead atoms. The monoisotopic (exact) mass is 270 g/mol. The van der Waals surface area contributed by atoms with Crippen LogP contribution >= 0.6 is 11.8 Å². The molecule has 0 amide bonds. The highest BCUT2D eigenvalue weighted by atomic mass is 32.2. The topological polar surface area (TPSA) is 66.7 Å². The van der Waals surface area contributed by atoms with Gasteiger partial charge in [0, 0.05) is 22.9 Å². The molecule has 3 rings (SSSR count). The summed E-state index contributed by atoms with van der Waals surface area (Å²) in [5, 5.41) is 2.38. The number of aromatic nitrogens is 2. The van der Waals surface area contributed by atoms with Crippen molar-refractivity contribution >= 4 is 28.4 Å². The van der Waals surface area contributed by atoms with E-state index >= 15 is 0 Å². The third-order valence-corrected chi connectivity index (χ3v) is 3.84. The Morgan fingerprint density at radius 1 is 1.21 bits per heavy atom. The van der Waals surface area contributed by atoms with Crippen LogP contribution in [0.15, 0.2) is 53.7 Å². The molecule has 19 heavy (non-hydrogen) atoms. The molecule has 0 radical (unpaired) electrons. The summed E-state index contributed by atoms with van der Waals surface area (Å²) in [5.74, 6) is 6.19. The van der Waals surface area contributed by atoms with Gasteiger partial charge >= 0.3 is 0 Å². The second-order valence-corrected chi connectivity index (χ2v) is 5.21. The largest absolute Gasteiger partial charge is 0.350 e. The summed E-state index contributed by atoms with van der Waals surface area (Å²) < 4.78 is 0. The van der Waals surface area contributed by atoms with Gasteiger partial charge in [0.25, 0.3) is 0 Å². The first-order valence-corrected chi connectivity index (χ1v) is 6.96. The Balaban J connectivity index is 1.74. The average molecular weight is 270 g/mol. The van der Waals surface area contributed by atoms with E-state index in [4.69, 9.17) is 5.84 Å². The van der Waals surface area contributed by atoms with Gasteiger partial charge in [0.05, 0.1) is 16.4 Å². The number of nitrogen functional groups attached to an aromatic ring is 1. The highest BCUT2D eigenvalue weighted by molar-refractivity contribution is 7.98. The van der Waals surface area contributed by atoms with Gasteiger partial charge in [-0.15, -0.1) is 11.8 Å². The number of hydrogen-bond donors (Lipinski definition) is 3. The van der Waals surface area contributed by atoms with E-state index in [1.807, 2.05) is 24.3 Å². The number of benzene rings is 1. The zero-order valence-electron chi connectivity index (χ0n) is 10.3. The van der Waals surface area contributed by atoms with Gasteiger partial charge in [-0.3, -0.25) is 10.8 Å². The number of thioether (sulfide) groups is 1. The van der Waals surface area contributed by atoms with Crippen molar-refractivity contribution in [3.8, 4) is 0 Å². The van der Waals surface area contributed by atoms with Gasteiger partial charge in [0.15, 0.2) is 0 Å². The molecule has 96 valence electrons. The van der Waals surface area contributed by atoms with Crippen molar-refractivity contribution in [3.05, 3.63) is 54.4 Å². The molecule has 4 nitrogen and oxygen atoms in total. The lowest BCUT2D eigenvalue weighted by Crippen LogP contribution is -2.07. The molecule has 0 unspecified atom stereocenters. The summed E-state index contributed by atoms with van der Waals surface area (Å²) in [5.41, 5.74) is 5.67. The summed E-state index contributed by atoms with van der Waals surface area (Å²) in [4.78, 5) is 7.72. The molecular formula is C14H14N4S. The molecule has 2 heterocycles. The van der Waals surface area contributed by atoms with Crippen molar-refractivity contribution in [2.75, 3.05) is 5.43 Å². The fourth-order valence-corrected chi connectivity index (χ4v) is 2.78. The number of hydrogen-bond acceptors (Lipinski definition) is 4. The number of nitrogens with two attached hydrogens (primary N) is 1. The summed E-state index contributed by atoms with van der Waals surface area (Å²) >= 11 is 1.73. The maximum Gasteiger partial charge on any atom is 0.0736 e. The highest BCUT2D eigenvalue weighted by Crippen LogP contribution is 2.25. The van der Waals surface area contributed by atoms with Crippen molar-refractivity contribution in [1.29, 1.82) is 0 Å². The molecule has 0 aliphatic rings. The number of pyridine rings is 1. The predicted octanol–water partition coefficient (Wildman–Crippen LogP) is 3.14. The summed E-state index contributed by atoms with van der Waals surface area (Å²) in [7, 11) is 0.